The Morgan fingerprint density at radius 2 is 1.80 bits per heavy atom. The molecule has 14 nitrogen and oxygen atoms in total. The second-order valence-electron chi connectivity index (χ2n) is 9.65. The number of hydrogen-bond acceptors (Lipinski definition) is 11. The van der Waals surface area contributed by atoms with Crippen molar-refractivity contribution in [2.24, 2.45) is 11.4 Å². The van der Waals surface area contributed by atoms with E-state index in [-0.39, 0.29) is 24.1 Å². The minimum absolute atomic E-state index is 0.104. The summed E-state index contributed by atoms with van der Waals surface area (Å²) < 4.78 is 49.5. The highest BCUT2D eigenvalue weighted by atomic mass is 32.1. The number of nitrogens with zero attached hydrogens (tertiary/aromatic N) is 1. The number of furan rings is 1. The van der Waals surface area contributed by atoms with Crippen molar-refractivity contribution in [1.82, 2.24) is 10.1 Å². The molecular formula is C24H34N4O10P2S. The molecule has 0 fully saturated rings. The number of carbonyl (C=O) groups excluding carboxylic acids is 1. The first-order valence-electron chi connectivity index (χ1n) is 12.4. The molecule has 7 N–H and O–H groups in total. The molecule has 3 unspecified atom stereocenters. The van der Waals surface area contributed by atoms with Gasteiger partial charge in [-0.05, 0) is 57.4 Å². The van der Waals surface area contributed by atoms with Gasteiger partial charge >= 0.3 is 21.2 Å². The summed E-state index contributed by atoms with van der Waals surface area (Å²) in [4.78, 5) is 35.4. The number of thiazole rings is 1. The van der Waals surface area contributed by atoms with E-state index in [2.05, 4.69) is 18.8 Å². The molecule has 0 radical (unpaired) electrons. The van der Waals surface area contributed by atoms with Gasteiger partial charge in [-0.1, -0.05) is 13.8 Å². The fraction of sp³-hybridized carbons (Fsp3) is 0.417. The summed E-state index contributed by atoms with van der Waals surface area (Å²) in [6.07, 6.45) is 0.526. The number of ether oxygens (including phenoxy) is 3. The second kappa shape index (κ2) is 13.4. The third kappa shape index (κ3) is 9.57. The van der Waals surface area contributed by atoms with Crippen molar-refractivity contribution in [2.75, 3.05) is 12.5 Å². The van der Waals surface area contributed by atoms with Crippen LogP contribution in [0.25, 0.3) is 11.5 Å². The van der Waals surface area contributed by atoms with E-state index < -0.39 is 27.3 Å². The molecule has 0 bridgehead atoms. The van der Waals surface area contributed by atoms with E-state index in [0.717, 1.165) is 11.3 Å². The van der Waals surface area contributed by atoms with E-state index in [1.807, 2.05) is 5.09 Å². The average molecular weight is 633 g/mol. The number of benzene rings is 1. The molecule has 41 heavy (non-hydrogen) atoms. The van der Waals surface area contributed by atoms with Crippen LogP contribution in [0.5, 0.6) is 17.2 Å². The Morgan fingerprint density at radius 3 is 2.44 bits per heavy atom. The first-order valence-corrected chi connectivity index (χ1v) is 16.5. The molecule has 0 amide bonds. The third-order valence-corrected chi connectivity index (χ3v) is 7.99. The van der Waals surface area contributed by atoms with Crippen molar-refractivity contribution in [3.8, 4) is 28.7 Å². The van der Waals surface area contributed by atoms with Crippen LogP contribution in [0.15, 0.2) is 34.7 Å². The van der Waals surface area contributed by atoms with Gasteiger partial charge in [0, 0.05) is 10.9 Å². The number of nitrogens with two attached hydrogens (primary N) is 2. The standard InChI is InChI=1S/C18H19N2O6PS.C6H15N2O4P/c1-10(2)7-15-17(20-18(19)28-15)13-5-6-16(25-13)27(21,22)26-11-3-4-12-14(8-11)24-9-23-12;1-4(2)12-6(9)5(3)8-13(7,10)11/h3-6,8,10H,7,9H2,1-2H3,(H2,19,20)(H,21,22);4-5H,1-3H3,(H4,7,8,10,11). The lowest BCUT2D eigenvalue weighted by molar-refractivity contribution is -0.149. The molecule has 3 atom stereocenters. The van der Waals surface area contributed by atoms with Gasteiger partial charge in [0.15, 0.2) is 22.4 Å². The smallest absolute Gasteiger partial charge is 0.443 e. The van der Waals surface area contributed by atoms with E-state index >= 15 is 0 Å². The number of aromatic nitrogens is 1. The predicted molar refractivity (Wildman–Crippen MR) is 153 cm³/mol. The van der Waals surface area contributed by atoms with Crippen molar-refractivity contribution in [3.05, 3.63) is 35.2 Å². The lowest BCUT2D eigenvalue weighted by Crippen LogP contribution is -2.36. The maximum absolute atomic E-state index is 12.7. The zero-order chi connectivity index (χ0) is 30.5. The Kier molecular flexibility index (Phi) is 10.6. The minimum atomic E-state index is -4.25. The topological polar surface area (TPSA) is 219 Å². The van der Waals surface area contributed by atoms with E-state index in [4.69, 9.17) is 39.3 Å². The Hall–Kier alpha value is -2.90. The van der Waals surface area contributed by atoms with Gasteiger partial charge in [-0.15, -0.1) is 11.3 Å². The summed E-state index contributed by atoms with van der Waals surface area (Å²) in [6.45, 7) is 9.06. The molecule has 2 aromatic heterocycles. The number of esters is 1. The molecule has 17 heteroatoms. The van der Waals surface area contributed by atoms with Crippen LogP contribution in [-0.4, -0.2) is 39.7 Å². The van der Waals surface area contributed by atoms with Crippen molar-refractivity contribution in [2.45, 2.75) is 53.2 Å². The lowest BCUT2D eigenvalue weighted by Gasteiger charge is -2.16. The van der Waals surface area contributed by atoms with E-state index in [1.54, 1.807) is 26.0 Å². The van der Waals surface area contributed by atoms with Gasteiger partial charge in [-0.2, -0.15) is 0 Å². The number of rotatable bonds is 10. The first kappa shape index (κ1) is 32.6. The first-order chi connectivity index (χ1) is 19.0. The number of nitrogen functional groups attached to an aromatic ring is 1. The molecular weight excluding hydrogens is 598 g/mol. The third-order valence-electron chi connectivity index (χ3n) is 5.07. The van der Waals surface area contributed by atoms with Crippen LogP contribution in [0.3, 0.4) is 0 Å². The minimum Gasteiger partial charge on any atom is -0.462 e. The number of hydrogen-bond donors (Lipinski definition) is 5. The van der Waals surface area contributed by atoms with Gasteiger partial charge in [-0.25, -0.2) is 20.1 Å². The van der Waals surface area contributed by atoms with Crippen LogP contribution in [0.4, 0.5) is 5.13 Å². The average Bonchev–Trinajstić information content (AvgIpc) is 3.57. The summed E-state index contributed by atoms with van der Waals surface area (Å²) in [5, 5.41) is 2.46. The van der Waals surface area contributed by atoms with Gasteiger partial charge in [0.25, 0.3) is 0 Å². The maximum atomic E-state index is 12.7. The monoisotopic (exact) mass is 632 g/mol. The molecule has 0 spiro atoms. The highest BCUT2D eigenvalue weighted by Crippen LogP contribution is 2.45. The van der Waals surface area contributed by atoms with Crippen LogP contribution in [0, 0.1) is 5.92 Å². The number of fused-ring (bicyclic) bond motifs is 1. The van der Waals surface area contributed by atoms with Crippen LogP contribution in [-0.2, 0) is 25.1 Å². The molecule has 3 heterocycles. The Morgan fingerprint density at radius 1 is 1.12 bits per heavy atom. The molecule has 226 valence electrons. The van der Waals surface area contributed by atoms with Gasteiger partial charge in [0.05, 0.1) is 6.10 Å². The van der Waals surface area contributed by atoms with Crippen LogP contribution >= 0.6 is 26.6 Å². The number of carbonyl (C=O) groups is 1. The van der Waals surface area contributed by atoms with Crippen LogP contribution in [0.2, 0.25) is 0 Å². The van der Waals surface area contributed by atoms with E-state index in [0.29, 0.717) is 34.0 Å². The van der Waals surface area contributed by atoms with Crippen molar-refractivity contribution in [1.29, 1.82) is 0 Å². The molecule has 1 aliphatic rings. The highest BCUT2D eigenvalue weighted by Gasteiger charge is 2.31. The fourth-order valence-electron chi connectivity index (χ4n) is 3.46. The summed E-state index contributed by atoms with van der Waals surface area (Å²) in [5.74, 6) is 1.36. The molecule has 1 aromatic carbocycles. The molecule has 1 aliphatic heterocycles. The van der Waals surface area contributed by atoms with Gasteiger partial charge < -0.3 is 38.7 Å². The van der Waals surface area contributed by atoms with Gasteiger partial charge in [0.2, 0.25) is 12.3 Å². The molecule has 0 saturated carbocycles. The van der Waals surface area contributed by atoms with E-state index in [9.17, 15) is 18.8 Å². The summed E-state index contributed by atoms with van der Waals surface area (Å²) >= 11 is 1.39. The molecule has 3 aromatic rings. The van der Waals surface area contributed by atoms with Crippen molar-refractivity contribution in [3.63, 3.8) is 0 Å². The second-order valence-corrected chi connectivity index (χ2v) is 13.9. The quantitative estimate of drug-likeness (QED) is 0.159. The lowest BCUT2D eigenvalue weighted by atomic mass is 10.1. The molecule has 0 aliphatic carbocycles. The Bertz CT molecular complexity index is 1450. The van der Waals surface area contributed by atoms with Crippen molar-refractivity contribution >= 4 is 43.2 Å². The van der Waals surface area contributed by atoms with Gasteiger partial charge in [0.1, 0.15) is 17.5 Å². The Labute approximate surface area is 241 Å². The summed E-state index contributed by atoms with van der Waals surface area (Å²) in [7, 11) is -8.12. The number of nitrogens with one attached hydrogen (secondary N) is 1. The van der Waals surface area contributed by atoms with Crippen LogP contribution in [0.1, 0.15) is 39.5 Å². The largest absolute Gasteiger partial charge is 0.462 e. The fourth-order valence-corrected chi connectivity index (χ4v) is 6.14. The predicted octanol–water partition coefficient (Wildman–Crippen LogP) is 3.78. The zero-order valence-corrected chi connectivity index (χ0v) is 25.7. The zero-order valence-electron chi connectivity index (χ0n) is 23.1. The SMILES string of the molecule is CC(C)Cc1sc(N)nc1-c1ccc(P(=O)(O)Oc2ccc3c(c2)OCO3)o1.CC(C)OC(=O)C(C)NP(N)(=O)O. The highest BCUT2D eigenvalue weighted by molar-refractivity contribution is 7.61. The normalized spacial score (nSPS) is 16.0. The maximum Gasteiger partial charge on any atom is 0.443 e. The molecule has 4 rings (SSSR count). The summed E-state index contributed by atoms with van der Waals surface area (Å²) in [6, 6.07) is 6.76. The molecule has 0 saturated heterocycles. The number of anilines is 1. The Balaban J connectivity index is 0.000000302. The van der Waals surface area contributed by atoms with Crippen molar-refractivity contribution < 1.29 is 46.9 Å². The van der Waals surface area contributed by atoms with Gasteiger partial charge in [-0.3, -0.25) is 9.36 Å². The van der Waals surface area contributed by atoms with Crippen LogP contribution < -0.4 is 35.8 Å². The summed E-state index contributed by atoms with van der Waals surface area (Å²) in [5.41, 5.74) is 11.1. The van der Waals surface area contributed by atoms with E-state index in [1.165, 1.54) is 36.5 Å².